The molecule has 4 aromatic rings. The molecule has 1 aromatic heterocycles. The highest BCUT2D eigenvalue weighted by molar-refractivity contribution is 7.22. The average Bonchev–Trinajstić information content (AvgIpc) is 3.50. The Morgan fingerprint density at radius 2 is 1.68 bits per heavy atom. The van der Waals surface area contributed by atoms with Gasteiger partial charge in [-0.15, -0.1) is 0 Å². The molecule has 1 saturated heterocycles. The first kappa shape index (κ1) is 28.1. The van der Waals surface area contributed by atoms with Gasteiger partial charge in [0.1, 0.15) is 17.3 Å². The molecule has 1 fully saturated rings. The van der Waals surface area contributed by atoms with Crippen molar-refractivity contribution in [3.05, 3.63) is 83.2 Å². The number of aliphatic hydroxyl groups excluding tert-OH is 1. The Kier molecular flexibility index (Phi) is 8.21. The normalized spacial score (nSPS) is 16.4. The number of fused-ring (bicyclic) bond motifs is 1. The maximum Gasteiger partial charge on any atom is 0.301 e. The first-order valence-electron chi connectivity index (χ1n) is 13.4. The van der Waals surface area contributed by atoms with Crippen molar-refractivity contribution in [2.45, 2.75) is 33.2 Å². The molecule has 0 radical (unpaired) electrons. The summed E-state index contributed by atoms with van der Waals surface area (Å²) in [6.45, 7) is 7.01. The van der Waals surface area contributed by atoms with Gasteiger partial charge in [-0.1, -0.05) is 24.3 Å². The Morgan fingerprint density at radius 3 is 2.39 bits per heavy atom. The van der Waals surface area contributed by atoms with E-state index in [1.54, 1.807) is 42.5 Å². The zero-order chi connectivity index (χ0) is 29.1. The summed E-state index contributed by atoms with van der Waals surface area (Å²) in [5.41, 5.74) is 1.23. The number of hydrogen-bond donors (Lipinski definition) is 1. The van der Waals surface area contributed by atoms with Crippen LogP contribution in [0.1, 0.15) is 44.4 Å². The third kappa shape index (κ3) is 5.47. The van der Waals surface area contributed by atoms with Crippen LogP contribution in [0.3, 0.4) is 0 Å². The summed E-state index contributed by atoms with van der Waals surface area (Å²) in [6, 6.07) is 14.9. The van der Waals surface area contributed by atoms with Crippen molar-refractivity contribution in [3.63, 3.8) is 0 Å². The van der Waals surface area contributed by atoms with Crippen molar-refractivity contribution in [2.24, 2.45) is 0 Å². The van der Waals surface area contributed by atoms with Gasteiger partial charge in [-0.2, -0.15) is 0 Å². The van der Waals surface area contributed by atoms with Gasteiger partial charge in [0.15, 0.2) is 16.6 Å². The number of hydrogen-bond acceptors (Lipinski definition) is 8. The van der Waals surface area contributed by atoms with E-state index in [0.717, 1.165) is 17.8 Å². The fraction of sp³-hybridized carbons (Fsp3) is 0.258. The number of ether oxygens (including phenoxy) is 3. The van der Waals surface area contributed by atoms with Crippen molar-refractivity contribution in [2.75, 3.05) is 24.7 Å². The minimum absolute atomic E-state index is 0.103. The second-order valence-electron chi connectivity index (χ2n) is 9.22. The first-order chi connectivity index (χ1) is 19.9. The second-order valence-corrected chi connectivity index (χ2v) is 10.2. The molecule has 1 atom stereocenters. The van der Waals surface area contributed by atoms with Gasteiger partial charge in [-0.3, -0.25) is 14.5 Å². The largest absolute Gasteiger partial charge is 0.507 e. The molecule has 2 heterocycles. The van der Waals surface area contributed by atoms with Crippen LogP contribution in [0.5, 0.6) is 17.2 Å². The molecule has 1 unspecified atom stereocenters. The summed E-state index contributed by atoms with van der Waals surface area (Å²) in [6.07, 6.45) is 0.843. The number of amides is 1. The van der Waals surface area contributed by atoms with Gasteiger partial charge in [0.05, 0.1) is 41.7 Å². The number of aliphatic hydroxyl groups is 1. The van der Waals surface area contributed by atoms with E-state index in [4.69, 9.17) is 14.2 Å². The SMILES string of the molecule is CCCOc1ccc(/C(O)=C2\C(=O)C(=O)N(c3nc4ccc(F)cc4s3)C2c2ccc(OCC)c(OCC)c2)cc1. The molecule has 0 aliphatic carbocycles. The van der Waals surface area contributed by atoms with Crippen molar-refractivity contribution >= 4 is 44.1 Å². The molecule has 1 aliphatic heterocycles. The Labute approximate surface area is 240 Å². The van der Waals surface area contributed by atoms with E-state index in [9.17, 15) is 19.1 Å². The molecule has 1 amide bonds. The minimum atomic E-state index is -1.04. The lowest BCUT2D eigenvalue weighted by Gasteiger charge is -2.24. The van der Waals surface area contributed by atoms with Gasteiger partial charge < -0.3 is 19.3 Å². The Morgan fingerprint density at radius 1 is 0.951 bits per heavy atom. The molecule has 10 heteroatoms. The van der Waals surface area contributed by atoms with E-state index in [0.29, 0.717) is 58.4 Å². The first-order valence-corrected chi connectivity index (χ1v) is 14.2. The summed E-state index contributed by atoms with van der Waals surface area (Å²) in [5.74, 6) is -0.936. The number of benzene rings is 3. The van der Waals surface area contributed by atoms with Crippen LogP contribution in [0.15, 0.2) is 66.2 Å². The molecule has 0 spiro atoms. The van der Waals surface area contributed by atoms with E-state index in [-0.39, 0.29) is 16.5 Å². The quantitative estimate of drug-likeness (QED) is 0.128. The van der Waals surface area contributed by atoms with Crippen molar-refractivity contribution in [1.82, 2.24) is 4.98 Å². The molecule has 1 N–H and O–H groups in total. The van der Waals surface area contributed by atoms with Gasteiger partial charge in [0.25, 0.3) is 5.78 Å². The standard InChI is InChI=1S/C31H29FN2O6S/c1-4-15-40-21-11-7-18(8-12-21)28(35)26-27(19-9-14-23(38-5-2)24(16-19)39-6-3)34(30(37)29(26)36)31-33-22-13-10-20(32)17-25(22)41-31/h7-14,16-17,27,35H,4-6,15H2,1-3H3/b28-26+. The monoisotopic (exact) mass is 576 g/mol. The predicted octanol–water partition coefficient (Wildman–Crippen LogP) is 6.65. The zero-order valence-electron chi connectivity index (χ0n) is 22.8. The maximum atomic E-state index is 13.9. The summed E-state index contributed by atoms with van der Waals surface area (Å²) in [7, 11) is 0. The van der Waals surface area contributed by atoms with Crippen LogP contribution in [0, 0.1) is 5.82 Å². The molecule has 212 valence electrons. The van der Waals surface area contributed by atoms with E-state index >= 15 is 0 Å². The van der Waals surface area contributed by atoms with Crippen LogP contribution < -0.4 is 19.1 Å². The summed E-state index contributed by atoms with van der Waals surface area (Å²) in [4.78, 5) is 32.9. The lowest BCUT2D eigenvalue weighted by Crippen LogP contribution is -2.29. The average molecular weight is 577 g/mol. The number of nitrogens with zero attached hydrogens (tertiary/aromatic N) is 2. The van der Waals surface area contributed by atoms with Crippen molar-refractivity contribution in [3.8, 4) is 17.2 Å². The zero-order valence-corrected chi connectivity index (χ0v) is 23.7. The molecule has 5 rings (SSSR count). The van der Waals surface area contributed by atoms with E-state index < -0.39 is 23.5 Å². The summed E-state index contributed by atoms with van der Waals surface area (Å²) in [5, 5.41) is 11.7. The third-order valence-corrected chi connectivity index (χ3v) is 7.49. The van der Waals surface area contributed by atoms with Crippen LogP contribution in [0.2, 0.25) is 0 Å². The topological polar surface area (TPSA) is 98.2 Å². The lowest BCUT2D eigenvalue weighted by atomic mass is 9.95. The van der Waals surface area contributed by atoms with E-state index in [1.165, 1.54) is 23.1 Å². The number of rotatable bonds is 10. The third-order valence-electron chi connectivity index (χ3n) is 6.47. The summed E-state index contributed by atoms with van der Waals surface area (Å²) >= 11 is 1.08. The van der Waals surface area contributed by atoms with Crippen LogP contribution in [-0.2, 0) is 9.59 Å². The summed E-state index contributed by atoms with van der Waals surface area (Å²) < 4.78 is 31.6. The van der Waals surface area contributed by atoms with E-state index in [1.807, 2.05) is 20.8 Å². The highest BCUT2D eigenvalue weighted by atomic mass is 32.1. The molecule has 0 bridgehead atoms. The van der Waals surface area contributed by atoms with Gasteiger partial charge in [-0.25, -0.2) is 9.37 Å². The molecule has 0 saturated carbocycles. The Hall–Kier alpha value is -4.44. The highest BCUT2D eigenvalue weighted by Crippen LogP contribution is 2.46. The number of anilines is 1. The number of carbonyl (C=O) groups excluding carboxylic acids is 2. The van der Waals surface area contributed by atoms with Gasteiger partial charge in [0, 0.05) is 5.56 Å². The van der Waals surface area contributed by atoms with Gasteiger partial charge in [-0.05, 0) is 80.4 Å². The number of halogens is 1. The Bertz CT molecular complexity index is 1630. The van der Waals surface area contributed by atoms with E-state index in [2.05, 4.69) is 4.98 Å². The highest BCUT2D eigenvalue weighted by Gasteiger charge is 2.48. The van der Waals surface area contributed by atoms with Crippen LogP contribution in [0.4, 0.5) is 9.52 Å². The number of Topliss-reactive ketones (excluding diaryl/α,β-unsaturated/α-hetero) is 1. The second kappa shape index (κ2) is 12.0. The molecular formula is C31H29FN2O6S. The van der Waals surface area contributed by atoms with Crippen molar-refractivity contribution in [1.29, 1.82) is 0 Å². The number of carbonyl (C=O) groups is 2. The maximum absolute atomic E-state index is 13.9. The Balaban J connectivity index is 1.68. The lowest BCUT2D eigenvalue weighted by molar-refractivity contribution is -0.132. The number of thiazole rings is 1. The number of ketones is 1. The van der Waals surface area contributed by atoms with Gasteiger partial charge in [0.2, 0.25) is 0 Å². The van der Waals surface area contributed by atoms with Crippen molar-refractivity contribution < 1.29 is 33.3 Å². The molecule has 3 aromatic carbocycles. The van der Waals surface area contributed by atoms with Gasteiger partial charge >= 0.3 is 5.91 Å². The molecule has 41 heavy (non-hydrogen) atoms. The van der Waals surface area contributed by atoms with Crippen LogP contribution in [-0.4, -0.2) is 41.6 Å². The molecule has 1 aliphatic rings. The smallest absolute Gasteiger partial charge is 0.301 e. The predicted molar refractivity (Wildman–Crippen MR) is 155 cm³/mol. The molecule has 8 nitrogen and oxygen atoms in total. The van der Waals surface area contributed by atoms with Crippen LogP contribution in [0.25, 0.3) is 16.0 Å². The number of aromatic nitrogens is 1. The van der Waals surface area contributed by atoms with Crippen LogP contribution >= 0.6 is 11.3 Å². The minimum Gasteiger partial charge on any atom is -0.507 e. The molecular weight excluding hydrogens is 547 g/mol. The fourth-order valence-electron chi connectivity index (χ4n) is 4.66. The fourth-order valence-corrected chi connectivity index (χ4v) is 5.67.